The second kappa shape index (κ2) is 5.63. The molecule has 1 fully saturated rings. The highest BCUT2D eigenvalue weighted by atomic mass is 16.5. The molecule has 106 valence electrons. The Bertz CT molecular complexity index is 429. The van der Waals surface area contributed by atoms with Gasteiger partial charge >= 0.3 is 0 Å². The lowest BCUT2D eigenvalue weighted by molar-refractivity contribution is 0.377. The molecule has 1 heterocycles. The highest BCUT2D eigenvalue weighted by Crippen LogP contribution is 2.51. The number of nitrogens with one attached hydrogen (secondary N) is 2. The quantitative estimate of drug-likeness (QED) is 0.793. The molecule has 2 rings (SSSR count). The van der Waals surface area contributed by atoms with Crippen molar-refractivity contribution in [2.45, 2.75) is 33.6 Å². The van der Waals surface area contributed by atoms with E-state index >= 15 is 0 Å². The lowest BCUT2D eigenvalue weighted by atomic mass is 9.92. The van der Waals surface area contributed by atoms with Crippen molar-refractivity contribution in [3.63, 3.8) is 0 Å². The van der Waals surface area contributed by atoms with Gasteiger partial charge in [-0.15, -0.1) is 0 Å². The number of aromatic nitrogens is 2. The molecule has 0 aromatic carbocycles. The first kappa shape index (κ1) is 13.9. The van der Waals surface area contributed by atoms with Crippen LogP contribution in [0.25, 0.3) is 0 Å². The molecule has 0 aliphatic heterocycles. The maximum Gasteiger partial charge on any atom is 0.204 e. The van der Waals surface area contributed by atoms with Crippen molar-refractivity contribution < 1.29 is 4.74 Å². The predicted octanol–water partition coefficient (Wildman–Crippen LogP) is 2.77. The zero-order valence-electron chi connectivity index (χ0n) is 12.3. The van der Waals surface area contributed by atoms with Gasteiger partial charge < -0.3 is 15.4 Å². The number of hydrogen-bond donors (Lipinski definition) is 2. The van der Waals surface area contributed by atoms with Crippen LogP contribution < -0.4 is 15.4 Å². The van der Waals surface area contributed by atoms with Crippen LogP contribution in [0.2, 0.25) is 0 Å². The molecular weight excluding hydrogens is 240 g/mol. The van der Waals surface area contributed by atoms with Crippen LogP contribution in [0.1, 0.15) is 33.6 Å². The van der Waals surface area contributed by atoms with Gasteiger partial charge in [0.15, 0.2) is 11.6 Å². The van der Waals surface area contributed by atoms with Gasteiger partial charge in [-0.1, -0.05) is 13.8 Å². The normalized spacial score (nSPS) is 16.3. The largest absolute Gasteiger partial charge is 0.490 e. The summed E-state index contributed by atoms with van der Waals surface area (Å²) in [7, 11) is 1.65. The third kappa shape index (κ3) is 2.91. The minimum Gasteiger partial charge on any atom is -0.490 e. The monoisotopic (exact) mass is 264 g/mol. The van der Waals surface area contributed by atoms with Crippen molar-refractivity contribution in [1.29, 1.82) is 0 Å². The van der Waals surface area contributed by atoms with Gasteiger partial charge in [-0.3, -0.25) is 0 Å². The van der Waals surface area contributed by atoms with E-state index in [9.17, 15) is 0 Å². The molecule has 2 N–H and O–H groups in total. The van der Waals surface area contributed by atoms with Crippen molar-refractivity contribution in [2.24, 2.45) is 11.3 Å². The van der Waals surface area contributed by atoms with E-state index in [1.54, 1.807) is 13.4 Å². The molecule has 1 aliphatic rings. The molecular formula is C14H24N4O. The lowest BCUT2D eigenvalue weighted by Gasteiger charge is -2.21. The van der Waals surface area contributed by atoms with Gasteiger partial charge in [-0.25, -0.2) is 9.97 Å². The van der Waals surface area contributed by atoms with Gasteiger partial charge in [0, 0.05) is 13.1 Å². The second-order valence-corrected chi connectivity index (χ2v) is 5.51. The maximum atomic E-state index is 5.43. The fourth-order valence-electron chi connectivity index (χ4n) is 2.36. The Kier molecular flexibility index (Phi) is 4.12. The molecule has 0 amide bonds. The average Bonchev–Trinajstić information content (AvgIpc) is 3.18. The number of methoxy groups -OCH3 is 1. The smallest absolute Gasteiger partial charge is 0.204 e. The number of rotatable bonds is 7. The molecule has 0 radical (unpaired) electrons. The maximum absolute atomic E-state index is 5.43. The summed E-state index contributed by atoms with van der Waals surface area (Å²) in [5, 5.41) is 6.62. The molecule has 5 nitrogen and oxygen atoms in total. The summed E-state index contributed by atoms with van der Waals surface area (Å²) >= 11 is 0. The number of ether oxygens (including phenoxy) is 1. The zero-order valence-corrected chi connectivity index (χ0v) is 12.3. The van der Waals surface area contributed by atoms with Crippen molar-refractivity contribution in [3.8, 4) is 5.75 Å². The highest BCUT2D eigenvalue weighted by molar-refractivity contribution is 5.63. The molecule has 0 bridgehead atoms. The van der Waals surface area contributed by atoms with E-state index in [1.165, 1.54) is 12.8 Å². The van der Waals surface area contributed by atoms with Crippen LogP contribution in [-0.2, 0) is 0 Å². The van der Waals surface area contributed by atoms with E-state index < -0.39 is 0 Å². The molecule has 19 heavy (non-hydrogen) atoms. The molecule has 0 unspecified atom stereocenters. The minimum absolute atomic E-state index is 0.439. The van der Waals surface area contributed by atoms with Gasteiger partial charge in [0.05, 0.1) is 7.11 Å². The van der Waals surface area contributed by atoms with E-state index in [4.69, 9.17) is 4.74 Å². The Labute approximate surface area is 115 Å². The molecule has 1 aromatic rings. The summed E-state index contributed by atoms with van der Waals surface area (Å²) in [6.07, 6.45) is 4.16. The number of anilines is 2. The molecule has 0 saturated heterocycles. The van der Waals surface area contributed by atoms with E-state index in [0.29, 0.717) is 17.1 Å². The Morgan fingerprint density at radius 2 is 1.89 bits per heavy atom. The van der Waals surface area contributed by atoms with Gasteiger partial charge in [-0.05, 0) is 31.1 Å². The van der Waals surface area contributed by atoms with Gasteiger partial charge in [0.25, 0.3) is 0 Å². The molecule has 5 heteroatoms. The third-order valence-electron chi connectivity index (χ3n) is 4.08. The standard InChI is InChI=1S/C14H24N4O/c1-5-15-12-11(19-4)13(18-9-17-12)16-8-14(6-7-14)10(2)3/h9-10H,5-8H2,1-4H3,(H2,15,16,17,18). The Morgan fingerprint density at radius 3 is 2.37 bits per heavy atom. The van der Waals surface area contributed by atoms with Crippen LogP contribution in [0.15, 0.2) is 6.33 Å². The van der Waals surface area contributed by atoms with Gasteiger partial charge in [-0.2, -0.15) is 0 Å². The van der Waals surface area contributed by atoms with E-state index in [0.717, 1.165) is 24.7 Å². The summed E-state index contributed by atoms with van der Waals surface area (Å²) < 4.78 is 5.43. The SMILES string of the molecule is CCNc1ncnc(NCC2(C(C)C)CC2)c1OC. The highest BCUT2D eigenvalue weighted by Gasteiger charge is 2.45. The number of hydrogen-bond acceptors (Lipinski definition) is 5. The first-order valence-electron chi connectivity index (χ1n) is 6.99. The van der Waals surface area contributed by atoms with Gasteiger partial charge in [0.2, 0.25) is 5.75 Å². The van der Waals surface area contributed by atoms with Crippen LogP contribution in [-0.4, -0.2) is 30.2 Å². The van der Waals surface area contributed by atoms with Crippen LogP contribution in [0, 0.1) is 11.3 Å². The predicted molar refractivity (Wildman–Crippen MR) is 77.7 cm³/mol. The van der Waals surface area contributed by atoms with Crippen LogP contribution in [0.4, 0.5) is 11.6 Å². The molecule has 1 aromatic heterocycles. The summed E-state index contributed by atoms with van der Waals surface area (Å²) in [6, 6.07) is 0. The fraction of sp³-hybridized carbons (Fsp3) is 0.714. The molecule has 1 saturated carbocycles. The third-order valence-corrected chi connectivity index (χ3v) is 4.08. The minimum atomic E-state index is 0.439. The Balaban J connectivity index is 2.09. The second-order valence-electron chi connectivity index (χ2n) is 5.51. The summed E-state index contributed by atoms with van der Waals surface area (Å²) in [5.41, 5.74) is 0.439. The van der Waals surface area contributed by atoms with Crippen LogP contribution in [0.3, 0.4) is 0 Å². The lowest BCUT2D eigenvalue weighted by Crippen LogP contribution is -2.21. The zero-order chi connectivity index (χ0) is 13.9. The first-order chi connectivity index (χ1) is 9.13. The van der Waals surface area contributed by atoms with E-state index in [-0.39, 0.29) is 0 Å². The number of nitrogens with zero attached hydrogens (tertiary/aromatic N) is 2. The van der Waals surface area contributed by atoms with Gasteiger partial charge in [0.1, 0.15) is 6.33 Å². The van der Waals surface area contributed by atoms with Crippen molar-refractivity contribution in [2.75, 3.05) is 30.8 Å². The van der Waals surface area contributed by atoms with Crippen LogP contribution >= 0.6 is 0 Å². The summed E-state index contributed by atoms with van der Waals surface area (Å²) in [4.78, 5) is 8.50. The summed E-state index contributed by atoms with van der Waals surface area (Å²) in [6.45, 7) is 8.37. The van der Waals surface area contributed by atoms with E-state index in [1.807, 2.05) is 6.92 Å². The van der Waals surface area contributed by atoms with E-state index in [2.05, 4.69) is 34.4 Å². The van der Waals surface area contributed by atoms with Crippen molar-refractivity contribution >= 4 is 11.6 Å². The fourth-order valence-corrected chi connectivity index (χ4v) is 2.36. The Morgan fingerprint density at radius 1 is 1.26 bits per heavy atom. The Hall–Kier alpha value is -1.52. The topological polar surface area (TPSA) is 59.1 Å². The molecule has 0 atom stereocenters. The first-order valence-corrected chi connectivity index (χ1v) is 6.99. The van der Waals surface area contributed by atoms with Crippen molar-refractivity contribution in [3.05, 3.63) is 6.33 Å². The molecule has 1 aliphatic carbocycles. The van der Waals surface area contributed by atoms with Crippen LogP contribution in [0.5, 0.6) is 5.75 Å². The van der Waals surface area contributed by atoms with Crippen molar-refractivity contribution in [1.82, 2.24) is 9.97 Å². The molecule has 0 spiro atoms. The average molecular weight is 264 g/mol. The summed E-state index contributed by atoms with van der Waals surface area (Å²) in [5.74, 6) is 2.92.